The molecule has 0 radical (unpaired) electrons. The molecule has 4 rings (SSSR count). The van der Waals surface area contributed by atoms with Crippen molar-refractivity contribution in [1.82, 2.24) is 9.80 Å². The number of fused-ring (bicyclic) bond motifs is 2. The predicted octanol–water partition coefficient (Wildman–Crippen LogP) is 2.32. The van der Waals surface area contributed by atoms with Crippen LogP contribution in [-0.4, -0.2) is 62.0 Å². The molecule has 23 heavy (non-hydrogen) atoms. The van der Waals surface area contributed by atoms with E-state index < -0.39 is 0 Å². The second-order valence-corrected chi connectivity index (χ2v) is 6.94. The van der Waals surface area contributed by atoms with E-state index in [0.717, 1.165) is 53.9 Å². The van der Waals surface area contributed by atoms with Crippen molar-refractivity contribution in [2.24, 2.45) is 4.99 Å². The summed E-state index contributed by atoms with van der Waals surface area (Å²) in [5.41, 5.74) is 3.08. The first-order valence-corrected chi connectivity index (χ1v) is 8.28. The SMILES string of the molecule is C=C1N=C2c3c(cc(C)c(Cl)c3OCC3CN(C)CCN23)N1C. The fraction of sp³-hybridized carbons (Fsp3) is 0.471. The minimum Gasteiger partial charge on any atom is -0.489 e. The molecule has 3 aliphatic rings. The Morgan fingerprint density at radius 3 is 2.91 bits per heavy atom. The summed E-state index contributed by atoms with van der Waals surface area (Å²) in [4.78, 5) is 11.5. The van der Waals surface area contributed by atoms with E-state index in [-0.39, 0.29) is 6.04 Å². The number of amidine groups is 1. The molecule has 0 amide bonds. The number of hydrogen-bond acceptors (Lipinski definition) is 5. The number of rotatable bonds is 0. The predicted molar refractivity (Wildman–Crippen MR) is 93.8 cm³/mol. The van der Waals surface area contributed by atoms with Crippen molar-refractivity contribution in [3.8, 4) is 5.75 Å². The number of benzene rings is 1. The Hall–Kier alpha value is -1.72. The van der Waals surface area contributed by atoms with Gasteiger partial charge in [-0.05, 0) is 25.6 Å². The molecule has 6 heteroatoms. The number of aliphatic imine (C=N–C) groups is 1. The van der Waals surface area contributed by atoms with Gasteiger partial charge in [0.25, 0.3) is 0 Å². The molecule has 3 aliphatic heterocycles. The van der Waals surface area contributed by atoms with E-state index in [4.69, 9.17) is 21.3 Å². The molecule has 1 aromatic rings. The van der Waals surface area contributed by atoms with Gasteiger partial charge in [0.05, 0.1) is 22.3 Å². The van der Waals surface area contributed by atoms with E-state index >= 15 is 0 Å². The molecule has 1 unspecified atom stereocenters. The summed E-state index contributed by atoms with van der Waals surface area (Å²) in [6.07, 6.45) is 0. The maximum absolute atomic E-state index is 6.56. The van der Waals surface area contributed by atoms with Gasteiger partial charge in [0.15, 0.2) is 5.75 Å². The molecule has 0 aromatic heterocycles. The second-order valence-electron chi connectivity index (χ2n) is 6.56. The summed E-state index contributed by atoms with van der Waals surface area (Å²) >= 11 is 6.56. The molecule has 122 valence electrons. The van der Waals surface area contributed by atoms with E-state index in [1.165, 1.54) is 0 Å². The molecule has 0 aliphatic carbocycles. The Labute approximate surface area is 141 Å². The molecular formula is C17H21ClN4O. The van der Waals surface area contributed by atoms with Gasteiger partial charge in [-0.1, -0.05) is 18.2 Å². The normalized spacial score (nSPS) is 23.7. The number of piperazine rings is 1. The van der Waals surface area contributed by atoms with Crippen LogP contribution >= 0.6 is 11.6 Å². The third-order valence-electron chi connectivity index (χ3n) is 4.97. The molecule has 1 aromatic carbocycles. The number of halogens is 1. The summed E-state index contributed by atoms with van der Waals surface area (Å²) in [6.45, 7) is 9.65. The third kappa shape index (κ3) is 2.14. The van der Waals surface area contributed by atoms with E-state index in [9.17, 15) is 0 Å². The Bertz CT molecular complexity index is 730. The maximum atomic E-state index is 6.56. The Balaban J connectivity index is 1.94. The molecule has 0 N–H and O–H groups in total. The molecule has 0 saturated carbocycles. The molecule has 0 bridgehead atoms. The van der Waals surface area contributed by atoms with Crippen LogP contribution in [0, 0.1) is 6.92 Å². The van der Waals surface area contributed by atoms with Gasteiger partial charge in [0.2, 0.25) is 0 Å². The lowest BCUT2D eigenvalue weighted by Gasteiger charge is -2.41. The molecule has 0 spiro atoms. The molecule has 1 fully saturated rings. The van der Waals surface area contributed by atoms with E-state index in [2.05, 4.69) is 29.5 Å². The van der Waals surface area contributed by atoms with Gasteiger partial charge in [-0.3, -0.25) is 0 Å². The van der Waals surface area contributed by atoms with Crippen LogP contribution in [0.15, 0.2) is 23.5 Å². The quantitative estimate of drug-likeness (QED) is 0.729. The first-order valence-electron chi connectivity index (χ1n) is 7.90. The van der Waals surface area contributed by atoms with E-state index in [1.54, 1.807) is 0 Å². The smallest absolute Gasteiger partial charge is 0.151 e. The Morgan fingerprint density at radius 2 is 2.13 bits per heavy atom. The zero-order valence-corrected chi connectivity index (χ0v) is 14.5. The van der Waals surface area contributed by atoms with Gasteiger partial charge in [-0.2, -0.15) is 0 Å². The summed E-state index contributed by atoms with van der Waals surface area (Å²) in [5, 5.41) is 0.686. The highest BCUT2D eigenvalue weighted by atomic mass is 35.5. The number of ether oxygens (including phenoxy) is 1. The fourth-order valence-electron chi connectivity index (χ4n) is 3.57. The lowest BCUT2D eigenvalue weighted by Crippen LogP contribution is -2.56. The zero-order chi connectivity index (χ0) is 16.3. The van der Waals surface area contributed by atoms with Crippen LogP contribution in [0.4, 0.5) is 5.69 Å². The summed E-state index contributed by atoms with van der Waals surface area (Å²) in [5.74, 6) is 2.46. The first-order chi connectivity index (χ1) is 11.0. The largest absolute Gasteiger partial charge is 0.489 e. The van der Waals surface area contributed by atoms with Gasteiger partial charge in [-0.25, -0.2) is 4.99 Å². The first kappa shape index (κ1) is 14.8. The van der Waals surface area contributed by atoms with Crippen LogP contribution in [0.2, 0.25) is 5.02 Å². The van der Waals surface area contributed by atoms with Crippen molar-refractivity contribution < 1.29 is 4.74 Å². The van der Waals surface area contributed by atoms with Crippen molar-refractivity contribution in [1.29, 1.82) is 0 Å². The topological polar surface area (TPSA) is 31.3 Å². The molecule has 1 saturated heterocycles. The average molecular weight is 333 g/mol. The van der Waals surface area contributed by atoms with Crippen LogP contribution in [0.1, 0.15) is 11.1 Å². The summed E-state index contributed by atoms with van der Waals surface area (Å²) in [6, 6.07) is 2.38. The molecular weight excluding hydrogens is 312 g/mol. The van der Waals surface area contributed by atoms with Crippen LogP contribution in [-0.2, 0) is 0 Å². The van der Waals surface area contributed by atoms with Crippen molar-refractivity contribution in [2.75, 3.05) is 45.2 Å². The van der Waals surface area contributed by atoms with Crippen LogP contribution < -0.4 is 9.64 Å². The number of likely N-dealkylation sites (N-methyl/N-ethyl adjacent to an activating group) is 1. The third-order valence-corrected chi connectivity index (χ3v) is 5.44. The highest BCUT2D eigenvalue weighted by Crippen LogP contribution is 2.44. The zero-order valence-electron chi connectivity index (χ0n) is 13.8. The van der Waals surface area contributed by atoms with Crippen molar-refractivity contribution in [3.05, 3.63) is 34.6 Å². The number of nitrogens with zero attached hydrogens (tertiary/aromatic N) is 4. The lowest BCUT2D eigenvalue weighted by atomic mass is 10.0. The number of anilines is 1. The highest BCUT2D eigenvalue weighted by Gasteiger charge is 2.38. The van der Waals surface area contributed by atoms with E-state index in [1.807, 2.05) is 18.9 Å². The number of hydrogen-bond donors (Lipinski definition) is 0. The Kier molecular flexibility index (Phi) is 3.32. The maximum Gasteiger partial charge on any atom is 0.151 e. The van der Waals surface area contributed by atoms with Gasteiger partial charge in [0.1, 0.15) is 18.3 Å². The minimum absolute atomic E-state index is 0.278. The Morgan fingerprint density at radius 1 is 1.35 bits per heavy atom. The van der Waals surface area contributed by atoms with Crippen molar-refractivity contribution in [3.63, 3.8) is 0 Å². The van der Waals surface area contributed by atoms with Crippen LogP contribution in [0.3, 0.4) is 0 Å². The second kappa shape index (κ2) is 5.14. The average Bonchev–Trinajstić information content (AvgIpc) is 2.67. The molecule has 1 atom stereocenters. The standard InChI is InChI=1S/C17H21ClN4O/c1-10-7-13-14-16(15(10)18)23-9-12-8-20(3)5-6-22(12)17(14)19-11(2)21(13)4/h7,12H,2,5-6,8-9H2,1,3-4H3. The van der Waals surface area contributed by atoms with Gasteiger partial charge < -0.3 is 19.4 Å². The van der Waals surface area contributed by atoms with E-state index in [0.29, 0.717) is 11.6 Å². The summed E-state index contributed by atoms with van der Waals surface area (Å²) in [7, 11) is 4.13. The lowest BCUT2D eigenvalue weighted by molar-refractivity contribution is 0.114. The number of aryl methyl sites for hydroxylation is 1. The van der Waals surface area contributed by atoms with Gasteiger partial charge in [-0.15, -0.1) is 0 Å². The highest BCUT2D eigenvalue weighted by molar-refractivity contribution is 6.34. The molecule has 5 nitrogen and oxygen atoms in total. The van der Waals surface area contributed by atoms with Crippen LogP contribution in [0.5, 0.6) is 5.75 Å². The van der Waals surface area contributed by atoms with Gasteiger partial charge in [0, 0.05) is 26.7 Å². The van der Waals surface area contributed by atoms with Crippen molar-refractivity contribution in [2.45, 2.75) is 13.0 Å². The molecule has 3 heterocycles. The van der Waals surface area contributed by atoms with Crippen LogP contribution in [0.25, 0.3) is 0 Å². The summed E-state index contributed by atoms with van der Waals surface area (Å²) < 4.78 is 6.17. The van der Waals surface area contributed by atoms with Gasteiger partial charge >= 0.3 is 0 Å². The monoisotopic (exact) mass is 332 g/mol. The minimum atomic E-state index is 0.278. The van der Waals surface area contributed by atoms with Crippen molar-refractivity contribution >= 4 is 23.1 Å². The fourth-order valence-corrected chi connectivity index (χ4v) is 3.78.